The molecule has 0 bridgehead atoms. The highest BCUT2D eigenvalue weighted by molar-refractivity contribution is 5.85. The number of anilines is 1. The van der Waals surface area contributed by atoms with Crippen molar-refractivity contribution in [2.24, 2.45) is 16.7 Å². The third-order valence-electron chi connectivity index (χ3n) is 7.02. The molecule has 4 nitrogen and oxygen atoms in total. The van der Waals surface area contributed by atoms with Gasteiger partial charge in [-0.2, -0.15) is 0 Å². The van der Waals surface area contributed by atoms with Crippen LogP contribution in [0.2, 0.25) is 0 Å². The van der Waals surface area contributed by atoms with Crippen molar-refractivity contribution in [3.63, 3.8) is 0 Å². The van der Waals surface area contributed by atoms with Crippen LogP contribution in [0.5, 0.6) is 11.5 Å². The van der Waals surface area contributed by atoms with E-state index in [1.54, 1.807) is 0 Å². The van der Waals surface area contributed by atoms with Gasteiger partial charge in [0.15, 0.2) is 11.5 Å². The van der Waals surface area contributed by atoms with Gasteiger partial charge in [-0.05, 0) is 53.6 Å². The summed E-state index contributed by atoms with van der Waals surface area (Å²) >= 11 is 0. The average molecular weight is 451 g/mol. The Balaban J connectivity index is 0.00000272. The molecule has 5 heteroatoms. The van der Waals surface area contributed by atoms with E-state index in [-0.39, 0.29) is 12.4 Å². The Kier molecular flexibility index (Phi) is 7.42. The molecule has 1 aromatic carbocycles. The number of hydrogen-bond donors (Lipinski definition) is 0. The van der Waals surface area contributed by atoms with Gasteiger partial charge >= 0.3 is 0 Å². The minimum absolute atomic E-state index is 0. The molecule has 3 aliphatic rings. The van der Waals surface area contributed by atoms with Crippen molar-refractivity contribution in [2.75, 3.05) is 50.8 Å². The van der Waals surface area contributed by atoms with Gasteiger partial charge in [-0.15, -0.1) is 12.4 Å². The first kappa shape index (κ1) is 24.5. The van der Waals surface area contributed by atoms with E-state index in [1.807, 2.05) is 0 Å². The van der Waals surface area contributed by atoms with Crippen LogP contribution in [-0.4, -0.2) is 50.8 Å². The fraction of sp³-hybridized carbons (Fsp3) is 0.769. The molecule has 1 saturated heterocycles. The third-order valence-corrected chi connectivity index (χ3v) is 7.02. The monoisotopic (exact) mass is 450 g/mol. The van der Waals surface area contributed by atoms with Crippen LogP contribution < -0.4 is 14.4 Å². The molecule has 0 N–H and O–H groups in total. The molecule has 31 heavy (non-hydrogen) atoms. The predicted molar refractivity (Wildman–Crippen MR) is 132 cm³/mol. The van der Waals surface area contributed by atoms with Crippen molar-refractivity contribution in [3.8, 4) is 11.5 Å². The maximum atomic E-state index is 6.01. The number of halogens is 1. The lowest BCUT2D eigenvalue weighted by atomic mass is 9.60. The summed E-state index contributed by atoms with van der Waals surface area (Å²) in [6, 6.07) is 4.61. The van der Waals surface area contributed by atoms with Gasteiger partial charge in [-0.3, -0.25) is 4.90 Å². The summed E-state index contributed by atoms with van der Waals surface area (Å²) < 4.78 is 12.0. The van der Waals surface area contributed by atoms with Crippen LogP contribution in [0.4, 0.5) is 5.69 Å². The topological polar surface area (TPSA) is 24.9 Å². The highest BCUT2D eigenvalue weighted by atomic mass is 35.5. The van der Waals surface area contributed by atoms with E-state index < -0.39 is 0 Å². The van der Waals surface area contributed by atoms with Crippen LogP contribution in [0, 0.1) is 16.7 Å². The van der Waals surface area contributed by atoms with Crippen LogP contribution in [0.1, 0.15) is 72.3 Å². The lowest BCUT2D eigenvalue weighted by Crippen LogP contribution is -2.48. The van der Waals surface area contributed by atoms with E-state index in [0.29, 0.717) is 30.0 Å². The van der Waals surface area contributed by atoms with E-state index >= 15 is 0 Å². The van der Waals surface area contributed by atoms with Crippen molar-refractivity contribution < 1.29 is 9.47 Å². The van der Waals surface area contributed by atoms with E-state index in [4.69, 9.17) is 9.47 Å². The molecule has 176 valence electrons. The first-order valence-corrected chi connectivity index (χ1v) is 12.0. The van der Waals surface area contributed by atoms with Crippen molar-refractivity contribution >= 4 is 18.1 Å². The maximum Gasteiger partial charge on any atom is 0.163 e. The van der Waals surface area contributed by atoms with E-state index in [1.165, 1.54) is 37.1 Å². The van der Waals surface area contributed by atoms with Crippen molar-refractivity contribution in [2.45, 2.75) is 66.7 Å². The van der Waals surface area contributed by atoms with Gasteiger partial charge in [-0.1, -0.05) is 41.5 Å². The van der Waals surface area contributed by atoms with E-state index in [0.717, 1.165) is 43.6 Å². The molecule has 0 aromatic heterocycles. The quantitative estimate of drug-likeness (QED) is 0.563. The summed E-state index contributed by atoms with van der Waals surface area (Å²) in [5.74, 6) is 3.18. The molecule has 2 heterocycles. The normalized spacial score (nSPS) is 23.5. The average Bonchev–Trinajstić information content (AvgIpc) is 2.65. The molecule has 0 amide bonds. The van der Waals surface area contributed by atoms with E-state index in [2.05, 4.69) is 63.5 Å². The number of hydrogen-bond acceptors (Lipinski definition) is 4. The van der Waals surface area contributed by atoms with Gasteiger partial charge in [0, 0.05) is 44.5 Å². The Morgan fingerprint density at radius 3 is 2.00 bits per heavy atom. The van der Waals surface area contributed by atoms with Gasteiger partial charge in [0.05, 0.1) is 0 Å². The SMILES string of the molecule is CC(C)CN1CCN(c2cc3c(cc2C2CC(C)(C)CC(C)(C)C2)OCCO3)CC1.Cl. The molecule has 0 atom stereocenters. The summed E-state index contributed by atoms with van der Waals surface area (Å²) in [6.45, 7) is 21.4. The lowest BCUT2D eigenvalue weighted by molar-refractivity contribution is 0.0966. The minimum Gasteiger partial charge on any atom is -0.486 e. The molecular formula is C26H43ClN2O2. The Hall–Kier alpha value is -1.13. The molecule has 0 radical (unpaired) electrons. The fourth-order valence-corrected chi connectivity index (χ4v) is 6.45. The van der Waals surface area contributed by atoms with Crippen molar-refractivity contribution in [1.29, 1.82) is 0 Å². The number of rotatable bonds is 4. The number of fused-ring (bicyclic) bond motifs is 1. The molecule has 0 spiro atoms. The Labute approximate surface area is 196 Å². The standard InChI is InChI=1S/C26H42N2O2.ClH/c1-19(2)17-27-7-9-28(10-8-27)22-14-24-23(29-11-12-30-24)13-21(22)20-15-25(3,4)18-26(5,6)16-20;/h13-14,19-20H,7-12,15-18H2,1-6H3;1H. The second-order valence-corrected chi connectivity index (χ2v) is 11.8. The smallest absolute Gasteiger partial charge is 0.163 e. The summed E-state index contributed by atoms with van der Waals surface area (Å²) in [4.78, 5) is 5.23. The fourth-order valence-electron chi connectivity index (χ4n) is 6.45. The zero-order valence-corrected chi connectivity index (χ0v) is 21.3. The van der Waals surface area contributed by atoms with Gasteiger partial charge in [0.25, 0.3) is 0 Å². The summed E-state index contributed by atoms with van der Waals surface area (Å²) in [5.41, 5.74) is 3.61. The van der Waals surface area contributed by atoms with Crippen molar-refractivity contribution in [3.05, 3.63) is 17.7 Å². The Morgan fingerprint density at radius 2 is 1.45 bits per heavy atom. The van der Waals surface area contributed by atoms with Crippen LogP contribution in [0.25, 0.3) is 0 Å². The maximum absolute atomic E-state index is 6.01. The second-order valence-electron chi connectivity index (χ2n) is 11.8. The molecule has 1 saturated carbocycles. The summed E-state index contributed by atoms with van der Waals surface area (Å²) in [7, 11) is 0. The van der Waals surface area contributed by atoms with Crippen LogP contribution in [-0.2, 0) is 0 Å². The first-order valence-electron chi connectivity index (χ1n) is 12.0. The molecular weight excluding hydrogens is 408 g/mol. The lowest BCUT2D eigenvalue weighted by Gasteiger charge is -2.46. The molecule has 2 fully saturated rings. The molecule has 1 aliphatic carbocycles. The van der Waals surface area contributed by atoms with Crippen LogP contribution in [0.15, 0.2) is 12.1 Å². The molecule has 2 aliphatic heterocycles. The number of nitrogens with zero attached hydrogens (tertiary/aromatic N) is 2. The van der Waals surface area contributed by atoms with E-state index in [9.17, 15) is 0 Å². The first-order chi connectivity index (χ1) is 14.1. The largest absolute Gasteiger partial charge is 0.486 e. The third kappa shape index (κ3) is 5.82. The van der Waals surface area contributed by atoms with Crippen LogP contribution in [0.3, 0.4) is 0 Å². The predicted octanol–water partition coefficient (Wildman–Crippen LogP) is 5.98. The van der Waals surface area contributed by atoms with Gasteiger partial charge in [0.2, 0.25) is 0 Å². The molecule has 1 aromatic rings. The second kappa shape index (κ2) is 9.39. The summed E-state index contributed by atoms with van der Waals surface area (Å²) in [5, 5.41) is 0. The number of piperazine rings is 1. The minimum atomic E-state index is 0. The zero-order chi connectivity index (χ0) is 21.5. The molecule has 0 unspecified atom stereocenters. The summed E-state index contributed by atoms with van der Waals surface area (Å²) in [6.07, 6.45) is 3.79. The Bertz CT molecular complexity index is 738. The highest BCUT2D eigenvalue weighted by Gasteiger charge is 2.40. The number of ether oxygens (including phenoxy) is 2. The highest BCUT2D eigenvalue weighted by Crippen LogP contribution is 2.54. The Morgan fingerprint density at radius 1 is 0.903 bits per heavy atom. The van der Waals surface area contributed by atoms with Crippen molar-refractivity contribution in [1.82, 2.24) is 4.90 Å². The number of benzene rings is 1. The van der Waals surface area contributed by atoms with Gasteiger partial charge in [0.1, 0.15) is 13.2 Å². The molecule has 4 rings (SSSR count). The van der Waals surface area contributed by atoms with Gasteiger partial charge in [-0.25, -0.2) is 0 Å². The van der Waals surface area contributed by atoms with Crippen LogP contribution >= 0.6 is 12.4 Å². The zero-order valence-electron chi connectivity index (χ0n) is 20.5. The van der Waals surface area contributed by atoms with Gasteiger partial charge < -0.3 is 14.4 Å².